The molecule has 0 spiro atoms. The molecule has 1 aliphatic carbocycles. The lowest BCUT2D eigenvalue weighted by atomic mass is 9.80. The molecule has 0 amide bonds. The minimum absolute atomic E-state index is 0.00844. The van der Waals surface area contributed by atoms with E-state index in [-0.39, 0.29) is 5.56 Å². The van der Waals surface area contributed by atoms with Crippen molar-refractivity contribution in [3.8, 4) is 0 Å². The van der Waals surface area contributed by atoms with E-state index in [4.69, 9.17) is 0 Å². The van der Waals surface area contributed by atoms with Crippen LogP contribution in [0.4, 0.5) is 5.82 Å². The lowest BCUT2D eigenvalue weighted by Crippen LogP contribution is -2.34. The maximum absolute atomic E-state index is 12.1. The monoisotopic (exact) mass is 249 g/mol. The molecule has 0 radical (unpaired) electrons. The quantitative estimate of drug-likeness (QED) is 0.895. The van der Waals surface area contributed by atoms with E-state index in [0.29, 0.717) is 18.4 Å². The van der Waals surface area contributed by atoms with E-state index in [2.05, 4.69) is 24.1 Å². The van der Waals surface area contributed by atoms with E-state index in [0.717, 1.165) is 24.7 Å². The largest absolute Gasteiger partial charge is 0.363 e. The van der Waals surface area contributed by atoms with Crippen LogP contribution in [-0.2, 0) is 6.54 Å². The Morgan fingerprint density at radius 2 is 2.00 bits per heavy atom. The summed E-state index contributed by atoms with van der Waals surface area (Å²) < 4.78 is 1.69. The van der Waals surface area contributed by atoms with Gasteiger partial charge in [0.15, 0.2) is 5.82 Å². The molecular weight excluding hydrogens is 226 g/mol. The van der Waals surface area contributed by atoms with E-state index in [9.17, 15) is 4.79 Å². The molecule has 4 nitrogen and oxygen atoms in total. The van der Waals surface area contributed by atoms with Crippen LogP contribution in [0, 0.1) is 11.8 Å². The molecule has 100 valence electrons. The summed E-state index contributed by atoms with van der Waals surface area (Å²) in [5, 5.41) is 3.34. The second-order valence-electron chi connectivity index (χ2n) is 5.63. The Bertz CT molecular complexity index is 445. The van der Waals surface area contributed by atoms with Crippen LogP contribution in [0.1, 0.15) is 40.0 Å². The average Bonchev–Trinajstić information content (AvgIpc) is 2.30. The molecule has 0 aromatic carbocycles. The Balaban J connectivity index is 2.12. The normalized spacial score (nSPS) is 28.1. The number of hydrogen-bond acceptors (Lipinski definition) is 3. The Labute approximate surface area is 108 Å². The van der Waals surface area contributed by atoms with Gasteiger partial charge in [-0.25, -0.2) is 4.98 Å². The van der Waals surface area contributed by atoms with Crippen LogP contribution in [0.25, 0.3) is 0 Å². The second-order valence-corrected chi connectivity index (χ2v) is 5.63. The van der Waals surface area contributed by atoms with Gasteiger partial charge in [0.25, 0.3) is 5.56 Å². The molecule has 2 unspecified atom stereocenters. The number of aromatic nitrogens is 2. The van der Waals surface area contributed by atoms with Gasteiger partial charge >= 0.3 is 0 Å². The smallest absolute Gasteiger partial charge is 0.293 e. The molecule has 1 aliphatic rings. The first-order valence-electron chi connectivity index (χ1n) is 6.92. The van der Waals surface area contributed by atoms with Crippen molar-refractivity contribution in [2.45, 2.75) is 52.6 Å². The third-order valence-electron chi connectivity index (χ3n) is 3.77. The molecular formula is C14H23N3O. The maximum Gasteiger partial charge on any atom is 0.293 e. The molecule has 2 atom stereocenters. The fourth-order valence-corrected chi connectivity index (χ4v) is 3.05. The summed E-state index contributed by atoms with van der Waals surface area (Å²) in [6.07, 6.45) is 6.99. The lowest BCUT2D eigenvalue weighted by Gasteiger charge is -2.32. The van der Waals surface area contributed by atoms with Crippen LogP contribution in [0.15, 0.2) is 17.2 Å². The molecule has 0 saturated heterocycles. The van der Waals surface area contributed by atoms with Crippen LogP contribution >= 0.6 is 0 Å². The van der Waals surface area contributed by atoms with Gasteiger partial charge in [-0.3, -0.25) is 4.79 Å². The number of hydrogen-bond donors (Lipinski definition) is 1. The average molecular weight is 249 g/mol. The van der Waals surface area contributed by atoms with Gasteiger partial charge in [0.1, 0.15) is 0 Å². The van der Waals surface area contributed by atoms with Crippen molar-refractivity contribution in [3.05, 3.63) is 22.7 Å². The van der Waals surface area contributed by atoms with E-state index < -0.39 is 0 Å². The Hall–Kier alpha value is -1.32. The number of nitrogens with zero attached hydrogens (tertiary/aromatic N) is 2. The highest BCUT2D eigenvalue weighted by atomic mass is 16.1. The fraction of sp³-hybridized carbons (Fsp3) is 0.714. The first kappa shape index (κ1) is 13.1. The van der Waals surface area contributed by atoms with Crippen LogP contribution in [0.5, 0.6) is 0 Å². The third-order valence-corrected chi connectivity index (χ3v) is 3.77. The highest BCUT2D eigenvalue weighted by Gasteiger charge is 2.24. The van der Waals surface area contributed by atoms with E-state index in [1.807, 2.05) is 6.92 Å². The Morgan fingerprint density at radius 3 is 2.61 bits per heavy atom. The van der Waals surface area contributed by atoms with Crippen LogP contribution < -0.4 is 10.9 Å². The van der Waals surface area contributed by atoms with Gasteiger partial charge in [0.2, 0.25) is 0 Å². The molecule has 1 heterocycles. The van der Waals surface area contributed by atoms with Crippen LogP contribution in [0.3, 0.4) is 0 Å². The zero-order valence-corrected chi connectivity index (χ0v) is 11.5. The van der Waals surface area contributed by atoms with Crippen molar-refractivity contribution in [1.29, 1.82) is 0 Å². The number of nitrogens with one attached hydrogen (secondary N) is 1. The van der Waals surface area contributed by atoms with Gasteiger partial charge < -0.3 is 9.88 Å². The predicted octanol–water partition coefficient (Wildman–Crippen LogP) is 2.50. The fourth-order valence-electron chi connectivity index (χ4n) is 3.05. The van der Waals surface area contributed by atoms with Crippen molar-refractivity contribution in [2.24, 2.45) is 11.8 Å². The zero-order chi connectivity index (χ0) is 13.1. The van der Waals surface area contributed by atoms with Crippen LogP contribution in [0.2, 0.25) is 0 Å². The zero-order valence-electron chi connectivity index (χ0n) is 11.5. The second kappa shape index (κ2) is 5.55. The summed E-state index contributed by atoms with van der Waals surface area (Å²) in [6.45, 7) is 7.23. The first-order valence-corrected chi connectivity index (χ1v) is 6.92. The topological polar surface area (TPSA) is 46.9 Å². The summed E-state index contributed by atoms with van der Waals surface area (Å²) in [5.74, 6) is 1.96. The number of rotatable bonds is 3. The van der Waals surface area contributed by atoms with Gasteiger partial charge in [-0.15, -0.1) is 0 Å². The van der Waals surface area contributed by atoms with Gasteiger partial charge in [-0.2, -0.15) is 0 Å². The molecule has 1 aromatic rings. The molecule has 0 aliphatic heterocycles. The molecule has 1 N–H and O–H groups in total. The minimum atomic E-state index is -0.00844. The van der Waals surface area contributed by atoms with Gasteiger partial charge in [0.05, 0.1) is 0 Å². The molecule has 0 bridgehead atoms. The SMILES string of the molecule is CCn1ccnc(NC2CC(C)CC(C)C2)c1=O. The summed E-state index contributed by atoms with van der Waals surface area (Å²) in [5.41, 5.74) is -0.00844. The van der Waals surface area contributed by atoms with E-state index in [1.54, 1.807) is 17.0 Å². The summed E-state index contributed by atoms with van der Waals surface area (Å²) in [4.78, 5) is 16.3. The standard InChI is InChI=1S/C14H23N3O/c1-4-17-6-5-15-13(14(17)18)16-12-8-10(2)7-11(3)9-12/h5-6,10-12H,4,7-9H2,1-3H3,(H,15,16). The van der Waals surface area contributed by atoms with Crippen molar-refractivity contribution in [1.82, 2.24) is 9.55 Å². The summed E-state index contributed by atoms with van der Waals surface area (Å²) in [7, 11) is 0. The molecule has 18 heavy (non-hydrogen) atoms. The summed E-state index contributed by atoms with van der Waals surface area (Å²) in [6, 6.07) is 0.386. The van der Waals surface area contributed by atoms with Gasteiger partial charge in [0, 0.05) is 25.0 Å². The molecule has 2 rings (SSSR count). The molecule has 4 heteroatoms. The van der Waals surface area contributed by atoms with Crippen LogP contribution in [-0.4, -0.2) is 15.6 Å². The van der Waals surface area contributed by atoms with Crippen molar-refractivity contribution < 1.29 is 0 Å². The minimum Gasteiger partial charge on any atom is -0.363 e. The van der Waals surface area contributed by atoms with Crippen molar-refractivity contribution in [3.63, 3.8) is 0 Å². The molecule has 1 saturated carbocycles. The van der Waals surface area contributed by atoms with Gasteiger partial charge in [-0.1, -0.05) is 13.8 Å². The third kappa shape index (κ3) is 2.92. The molecule has 1 fully saturated rings. The number of anilines is 1. The maximum atomic E-state index is 12.1. The Morgan fingerprint density at radius 1 is 1.33 bits per heavy atom. The van der Waals surface area contributed by atoms with E-state index in [1.165, 1.54) is 6.42 Å². The summed E-state index contributed by atoms with van der Waals surface area (Å²) >= 11 is 0. The highest BCUT2D eigenvalue weighted by molar-refractivity contribution is 5.32. The molecule has 1 aromatic heterocycles. The highest BCUT2D eigenvalue weighted by Crippen LogP contribution is 2.29. The van der Waals surface area contributed by atoms with Crippen molar-refractivity contribution >= 4 is 5.82 Å². The van der Waals surface area contributed by atoms with Crippen molar-refractivity contribution in [2.75, 3.05) is 5.32 Å². The first-order chi connectivity index (χ1) is 8.60. The number of aryl methyl sites for hydroxylation is 1. The predicted molar refractivity (Wildman–Crippen MR) is 73.8 cm³/mol. The van der Waals surface area contributed by atoms with Gasteiger partial charge in [-0.05, 0) is 38.0 Å². The lowest BCUT2D eigenvalue weighted by molar-refractivity contribution is 0.280. The van der Waals surface area contributed by atoms with E-state index >= 15 is 0 Å². The Kier molecular flexibility index (Phi) is 4.04.